The van der Waals surface area contributed by atoms with Crippen LogP contribution in [0, 0.1) is 6.92 Å². The van der Waals surface area contributed by atoms with E-state index in [4.69, 9.17) is 10.5 Å². The molecular weight excluding hydrogens is 192 g/mol. The lowest BCUT2D eigenvalue weighted by Gasteiger charge is -2.04. The van der Waals surface area contributed by atoms with Gasteiger partial charge in [-0.25, -0.2) is 4.68 Å². The van der Waals surface area contributed by atoms with Crippen LogP contribution >= 0.6 is 0 Å². The molecule has 2 N–H and O–H groups in total. The fraction of sp³-hybridized carbons (Fsp3) is 0.200. The van der Waals surface area contributed by atoms with Gasteiger partial charge in [0.1, 0.15) is 5.75 Å². The van der Waals surface area contributed by atoms with Crippen LogP contribution in [0.3, 0.4) is 0 Å². The second-order valence-corrected chi connectivity index (χ2v) is 3.17. The Morgan fingerprint density at radius 1 is 1.27 bits per heavy atom. The molecule has 0 radical (unpaired) electrons. The Hall–Kier alpha value is -2.04. The van der Waals surface area contributed by atoms with E-state index >= 15 is 0 Å². The van der Waals surface area contributed by atoms with Crippen LogP contribution in [0.2, 0.25) is 0 Å². The number of nitrogens with zero attached hydrogens (tertiary/aromatic N) is 3. The molecule has 0 unspecified atom stereocenters. The number of hydrogen-bond donors (Lipinski definition) is 1. The van der Waals surface area contributed by atoms with Gasteiger partial charge in [0.15, 0.2) is 5.82 Å². The largest absolute Gasteiger partial charge is 0.497 e. The van der Waals surface area contributed by atoms with Gasteiger partial charge in [-0.05, 0) is 31.2 Å². The molecule has 0 bridgehead atoms. The van der Waals surface area contributed by atoms with Gasteiger partial charge in [-0.3, -0.25) is 0 Å². The summed E-state index contributed by atoms with van der Waals surface area (Å²) in [7, 11) is 1.63. The summed E-state index contributed by atoms with van der Waals surface area (Å²) in [4.78, 5) is 0. The summed E-state index contributed by atoms with van der Waals surface area (Å²) in [6.45, 7) is 1.87. The number of nitrogens with two attached hydrogens (primary N) is 1. The number of aromatic nitrogens is 3. The minimum Gasteiger partial charge on any atom is -0.497 e. The fourth-order valence-corrected chi connectivity index (χ4v) is 1.31. The first kappa shape index (κ1) is 9.51. The van der Waals surface area contributed by atoms with Crippen LogP contribution in [0.1, 0.15) is 5.69 Å². The molecule has 0 saturated heterocycles. The van der Waals surface area contributed by atoms with Gasteiger partial charge in [-0.15, -0.1) is 5.10 Å². The molecule has 1 aromatic heterocycles. The maximum Gasteiger partial charge on any atom is 0.169 e. The highest BCUT2D eigenvalue weighted by Gasteiger charge is 2.06. The van der Waals surface area contributed by atoms with Crippen molar-refractivity contribution in [2.45, 2.75) is 6.92 Å². The minimum atomic E-state index is 0.450. The predicted molar refractivity (Wildman–Crippen MR) is 57.1 cm³/mol. The second kappa shape index (κ2) is 3.61. The van der Waals surface area contributed by atoms with Crippen molar-refractivity contribution in [2.24, 2.45) is 0 Å². The smallest absolute Gasteiger partial charge is 0.169 e. The van der Waals surface area contributed by atoms with E-state index in [1.54, 1.807) is 11.8 Å². The van der Waals surface area contributed by atoms with Gasteiger partial charge in [-0.1, -0.05) is 5.21 Å². The molecule has 0 aliphatic carbocycles. The molecule has 15 heavy (non-hydrogen) atoms. The van der Waals surface area contributed by atoms with E-state index in [1.165, 1.54) is 0 Å². The molecular formula is C10H12N4O. The number of benzene rings is 1. The van der Waals surface area contributed by atoms with Crippen LogP contribution in [0.25, 0.3) is 5.69 Å². The van der Waals surface area contributed by atoms with Gasteiger partial charge >= 0.3 is 0 Å². The maximum atomic E-state index is 5.61. The molecule has 0 spiro atoms. The highest BCUT2D eigenvalue weighted by Crippen LogP contribution is 2.16. The topological polar surface area (TPSA) is 66.0 Å². The van der Waals surface area contributed by atoms with Crippen molar-refractivity contribution in [1.82, 2.24) is 15.0 Å². The zero-order chi connectivity index (χ0) is 10.8. The molecule has 0 aliphatic heterocycles. The average molecular weight is 204 g/mol. The Morgan fingerprint density at radius 2 is 1.93 bits per heavy atom. The van der Waals surface area contributed by atoms with E-state index < -0.39 is 0 Å². The molecule has 2 aromatic rings. The molecule has 1 heterocycles. The van der Waals surface area contributed by atoms with E-state index in [-0.39, 0.29) is 0 Å². The Balaban J connectivity index is 2.41. The molecule has 0 aliphatic rings. The standard InChI is InChI=1S/C10H12N4O/c1-7-10(11)12-13-14(7)8-3-5-9(15-2)6-4-8/h3-6H,11H2,1-2H3. The summed E-state index contributed by atoms with van der Waals surface area (Å²) >= 11 is 0. The molecule has 5 heteroatoms. The van der Waals surface area contributed by atoms with Crippen molar-refractivity contribution in [3.8, 4) is 11.4 Å². The molecule has 78 valence electrons. The third kappa shape index (κ3) is 1.63. The Bertz CT molecular complexity index is 461. The van der Waals surface area contributed by atoms with Crippen LogP contribution in [-0.4, -0.2) is 22.1 Å². The fourth-order valence-electron chi connectivity index (χ4n) is 1.31. The van der Waals surface area contributed by atoms with Crippen LogP contribution in [-0.2, 0) is 0 Å². The predicted octanol–water partition coefficient (Wildman–Crippen LogP) is 1.17. The van der Waals surface area contributed by atoms with Gasteiger partial charge in [0.25, 0.3) is 0 Å². The molecule has 1 aromatic carbocycles. The first-order chi connectivity index (χ1) is 7.22. The van der Waals surface area contributed by atoms with Gasteiger partial charge in [0, 0.05) is 0 Å². The first-order valence-corrected chi connectivity index (χ1v) is 4.54. The van der Waals surface area contributed by atoms with Gasteiger partial charge in [0.2, 0.25) is 0 Å². The lowest BCUT2D eigenvalue weighted by atomic mass is 10.3. The van der Waals surface area contributed by atoms with Crippen molar-refractivity contribution >= 4 is 5.82 Å². The number of ether oxygens (including phenoxy) is 1. The number of methoxy groups -OCH3 is 1. The SMILES string of the molecule is COc1ccc(-n2nnc(N)c2C)cc1. The molecule has 0 saturated carbocycles. The van der Waals surface area contributed by atoms with E-state index in [0.717, 1.165) is 17.1 Å². The average Bonchev–Trinajstić information content (AvgIpc) is 2.60. The van der Waals surface area contributed by atoms with E-state index in [9.17, 15) is 0 Å². The number of hydrogen-bond acceptors (Lipinski definition) is 4. The second-order valence-electron chi connectivity index (χ2n) is 3.17. The van der Waals surface area contributed by atoms with Gasteiger partial charge in [-0.2, -0.15) is 0 Å². The number of rotatable bonds is 2. The summed E-state index contributed by atoms with van der Waals surface area (Å²) in [6, 6.07) is 7.54. The summed E-state index contributed by atoms with van der Waals surface area (Å²) in [6.07, 6.45) is 0. The molecule has 2 rings (SSSR count). The van der Waals surface area contributed by atoms with Crippen molar-refractivity contribution in [3.05, 3.63) is 30.0 Å². The Labute approximate surface area is 87.5 Å². The molecule has 5 nitrogen and oxygen atoms in total. The van der Waals surface area contributed by atoms with E-state index in [1.807, 2.05) is 31.2 Å². The van der Waals surface area contributed by atoms with Crippen molar-refractivity contribution in [3.63, 3.8) is 0 Å². The number of anilines is 1. The molecule has 0 atom stereocenters. The van der Waals surface area contributed by atoms with Crippen LogP contribution in [0.5, 0.6) is 5.75 Å². The van der Waals surface area contributed by atoms with Crippen molar-refractivity contribution < 1.29 is 4.74 Å². The highest BCUT2D eigenvalue weighted by atomic mass is 16.5. The maximum absolute atomic E-state index is 5.61. The lowest BCUT2D eigenvalue weighted by Crippen LogP contribution is -1.99. The monoisotopic (exact) mass is 204 g/mol. The summed E-state index contributed by atoms with van der Waals surface area (Å²) in [5, 5.41) is 7.74. The molecule has 0 fully saturated rings. The zero-order valence-corrected chi connectivity index (χ0v) is 8.64. The Kier molecular flexibility index (Phi) is 2.29. The third-order valence-corrected chi connectivity index (χ3v) is 2.25. The van der Waals surface area contributed by atoms with Crippen LogP contribution in [0.4, 0.5) is 5.82 Å². The lowest BCUT2D eigenvalue weighted by molar-refractivity contribution is 0.414. The summed E-state index contributed by atoms with van der Waals surface area (Å²) in [5.74, 6) is 1.26. The van der Waals surface area contributed by atoms with Crippen molar-refractivity contribution in [1.29, 1.82) is 0 Å². The molecule has 0 amide bonds. The minimum absolute atomic E-state index is 0.450. The van der Waals surface area contributed by atoms with Crippen molar-refractivity contribution in [2.75, 3.05) is 12.8 Å². The zero-order valence-electron chi connectivity index (χ0n) is 8.64. The van der Waals surface area contributed by atoms with Gasteiger partial charge in [0.05, 0.1) is 18.5 Å². The van der Waals surface area contributed by atoms with E-state index in [2.05, 4.69) is 10.3 Å². The van der Waals surface area contributed by atoms with Gasteiger partial charge < -0.3 is 10.5 Å². The highest BCUT2D eigenvalue weighted by molar-refractivity contribution is 5.42. The van der Waals surface area contributed by atoms with E-state index in [0.29, 0.717) is 5.82 Å². The third-order valence-electron chi connectivity index (χ3n) is 2.25. The number of nitrogen functional groups attached to an aromatic ring is 1. The summed E-state index contributed by atoms with van der Waals surface area (Å²) in [5.41, 5.74) is 7.36. The quantitative estimate of drug-likeness (QED) is 0.797. The normalized spacial score (nSPS) is 10.3. The van der Waals surface area contributed by atoms with Crippen LogP contribution in [0.15, 0.2) is 24.3 Å². The first-order valence-electron chi connectivity index (χ1n) is 4.54. The Morgan fingerprint density at radius 3 is 2.40 bits per heavy atom. The summed E-state index contributed by atoms with van der Waals surface area (Å²) < 4.78 is 6.76. The van der Waals surface area contributed by atoms with Crippen LogP contribution < -0.4 is 10.5 Å².